The highest BCUT2D eigenvalue weighted by Gasteiger charge is 2.58. The Kier molecular flexibility index (Phi) is 3.13. The van der Waals surface area contributed by atoms with Gasteiger partial charge in [0.2, 0.25) is 0 Å². The van der Waals surface area contributed by atoms with Crippen LogP contribution in [-0.4, -0.2) is 18.6 Å². The molecule has 1 heterocycles. The largest absolute Gasteiger partial charge is 0.452 e. The number of ether oxygens (including phenoxy) is 2. The lowest BCUT2D eigenvalue weighted by Crippen LogP contribution is -2.50. The van der Waals surface area contributed by atoms with Crippen molar-refractivity contribution in [1.29, 1.82) is 0 Å². The van der Waals surface area contributed by atoms with E-state index in [9.17, 15) is 13.2 Å². The molecule has 0 aromatic rings. The normalized spacial score (nSPS) is 32.3. The summed E-state index contributed by atoms with van der Waals surface area (Å²) in [6.45, 7) is 3.85. The van der Waals surface area contributed by atoms with E-state index in [1.807, 2.05) is 13.8 Å². The Morgan fingerprint density at radius 2 is 1.93 bits per heavy atom. The van der Waals surface area contributed by atoms with Gasteiger partial charge in [0.15, 0.2) is 0 Å². The lowest BCUT2D eigenvalue weighted by Gasteiger charge is -2.35. The molecular formula is C10H13F3O2. The van der Waals surface area contributed by atoms with Crippen LogP contribution in [-0.2, 0) is 9.47 Å². The molecule has 0 radical (unpaired) electrons. The summed E-state index contributed by atoms with van der Waals surface area (Å²) in [5, 5.41) is 0. The van der Waals surface area contributed by atoms with E-state index in [0.29, 0.717) is 6.92 Å². The van der Waals surface area contributed by atoms with Gasteiger partial charge in [-0.1, -0.05) is 11.6 Å². The third kappa shape index (κ3) is 2.75. The first-order valence-corrected chi connectivity index (χ1v) is 4.48. The van der Waals surface area contributed by atoms with Gasteiger partial charge in [0.05, 0.1) is 0 Å². The molecule has 1 rings (SSSR count). The van der Waals surface area contributed by atoms with Crippen molar-refractivity contribution in [2.45, 2.75) is 32.7 Å². The number of hydrogen-bond donors (Lipinski definition) is 0. The second-order valence-electron chi connectivity index (χ2n) is 3.70. The topological polar surface area (TPSA) is 18.5 Å². The Labute approximate surface area is 86.4 Å². The van der Waals surface area contributed by atoms with Gasteiger partial charge in [0, 0.05) is 6.92 Å². The summed E-state index contributed by atoms with van der Waals surface area (Å²) in [5.41, 5.74) is 0.948. The molecule has 0 saturated carbocycles. The van der Waals surface area contributed by atoms with Crippen molar-refractivity contribution in [1.82, 2.24) is 0 Å². The fourth-order valence-electron chi connectivity index (χ4n) is 0.967. The van der Waals surface area contributed by atoms with Gasteiger partial charge in [0.25, 0.3) is 0 Å². The highest BCUT2D eigenvalue weighted by Crippen LogP contribution is 2.40. The van der Waals surface area contributed by atoms with E-state index in [2.05, 4.69) is 9.47 Å². The zero-order valence-corrected chi connectivity index (χ0v) is 8.81. The molecule has 1 aliphatic heterocycles. The van der Waals surface area contributed by atoms with E-state index >= 15 is 0 Å². The molecule has 2 nitrogen and oxygen atoms in total. The molecule has 0 N–H and O–H groups in total. The Balaban J connectivity index is 2.79. The standard InChI is InChI=1S/C10H13F3O2/c1-7(2)4-5-8-6-14-10(12,13)9(3,11)15-8/h4-5H,6H2,1-3H3/b8-5+. The van der Waals surface area contributed by atoms with Crippen LogP contribution in [0.1, 0.15) is 20.8 Å². The van der Waals surface area contributed by atoms with Gasteiger partial charge >= 0.3 is 12.0 Å². The van der Waals surface area contributed by atoms with Crippen LogP contribution in [0.5, 0.6) is 0 Å². The van der Waals surface area contributed by atoms with Crippen molar-refractivity contribution in [2.24, 2.45) is 0 Å². The third-order valence-corrected chi connectivity index (χ3v) is 1.84. The van der Waals surface area contributed by atoms with Crippen LogP contribution in [0.15, 0.2) is 23.5 Å². The fraction of sp³-hybridized carbons (Fsp3) is 0.600. The van der Waals surface area contributed by atoms with E-state index in [1.54, 1.807) is 6.08 Å². The average Bonchev–Trinajstić information content (AvgIpc) is 2.07. The van der Waals surface area contributed by atoms with E-state index < -0.39 is 18.6 Å². The van der Waals surface area contributed by atoms with Crippen LogP contribution in [0.25, 0.3) is 0 Å². The Bertz CT molecular complexity index is 302. The van der Waals surface area contributed by atoms with Crippen molar-refractivity contribution < 1.29 is 22.6 Å². The number of halogens is 3. The van der Waals surface area contributed by atoms with Crippen LogP contribution in [0, 0.1) is 0 Å². The molecule has 86 valence electrons. The average molecular weight is 222 g/mol. The molecule has 1 aliphatic rings. The van der Waals surface area contributed by atoms with Crippen LogP contribution >= 0.6 is 0 Å². The molecule has 0 bridgehead atoms. The second kappa shape index (κ2) is 3.89. The quantitative estimate of drug-likeness (QED) is 0.678. The summed E-state index contributed by atoms with van der Waals surface area (Å²) >= 11 is 0. The van der Waals surface area contributed by atoms with Crippen molar-refractivity contribution in [3.63, 3.8) is 0 Å². The third-order valence-electron chi connectivity index (χ3n) is 1.84. The summed E-state index contributed by atoms with van der Waals surface area (Å²) in [4.78, 5) is 0. The molecule has 0 amide bonds. The number of allylic oxidation sites excluding steroid dienone is 3. The first-order valence-electron chi connectivity index (χ1n) is 4.48. The maximum atomic E-state index is 13.3. The maximum Gasteiger partial charge on any atom is 0.426 e. The van der Waals surface area contributed by atoms with Gasteiger partial charge in [-0.2, -0.15) is 13.2 Å². The molecule has 1 saturated heterocycles. The van der Waals surface area contributed by atoms with Gasteiger partial charge in [0.1, 0.15) is 12.4 Å². The molecule has 15 heavy (non-hydrogen) atoms. The van der Waals surface area contributed by atoms with Crippen LogP contribution in [0.2, 0.25) is 0 Å². The molecule has 1 unspecified atom stereocenters. The molecule has 0 spiro atoms. The lowest BCUT2D eigenvalue weighted by molar-refractivity contribution is -0.392. The van der Waals surface area contributed by atoms with Crippen LogP contribution < -0.4 is 0 Å². The first kappa shape index (κ1) is 12.1. The summed E-state index contributed by atoms with van der Waals surface area (Å²) in [6, 6.07) is 0. The SMILES string of the molecule is CC(C)=C/C=C1\COC(F)(F)C(C)(F)O1. The van der Waals surface area contributed by atoms with E-state index in [0.717, 1.165) is 5.57 Å². The number of rotatable bonds is 1. The zero-order chi connectivity index (χ0) is 11.7. The summed E-state index contributed by atoms with van der Waals surface area (Å²) in [7, 11) is 0. The second-order valence-corrected chi connectivity index (χ2v) is 3.70. The minimum Gasteiger partial charge on any atom is -0.452 e. The van der Waals surface area contributed by atoms with Gasteiger partial charge in [-0.3, -0.25) is 0 Å². The van der Waals surface area contributed by atoms with Crippen LogP contribution in [0.3, 0.4) is 0 Å². The molecule has 0 aromatic heterocycles. The minimum absolute atomic E-state index is 0.0483. The molecule has 1 fully saturated rings. The Morgan fingerprint density at radius 1 is 1.33 bits per heavy atom. The smallest absolute Gasteiger partial charge is 0.426 e. The molecular weight excluding hydrogens is 209 g/mol. The Morgan fingerprint density at radius 3 is 2.40 bits per heavy atom. The molecule has 0 aromatic carbocycles. The molecule has 1 atom stereocenters. The number of alkyl halides is 3. The van der Waals surface area contributed by atoms with E-state index in [1.165, 1.54) is 6.08 Å². The minimum atomic E-state index is -3.91. The zero-order valence-electron chi connectivity index (χ0n) is 8.81. The van der Waals surface area contributed by atoms with Crippen molar-refractivity contribution in [2.75, 3.05) is 6.61 Å². The van der Waals surface area contributed by atoms with Gasteiger partial charge in [-0.25, -0.2) is 0 Å². The Hall–Kier alpha value is -0.970. The van der Waals surface area contributed by atoms with Gasteiger partial charge in [-0.05, 0) is 19.9 Å². The van der Waals surface area contributed by atoms with Crippen molar-refractivity contribution in [3.05, 3.63) is 23.5 Å². The predicted octanol–water partition coefficient (Wildman–Crippen LogP) is 3.16. The highest BCUT2D eigenvalue weighted by atomic mass is 19.3. The van der Waals surface area contributed by atoms with Crippen molar-refractivity contribution >= 4 is 0 Å². The summed E-state index contributed by atoms with van der Waals surface area (Å²) in [6.07, 6.45) is -0.851. The van der Waals surface area contributed by atoms with Gasteiger partial charge < -0.3 is 9.47 Å². The first-order chi connectivity index (χ1) is 6.74. The number of hydrogen-bond acceptors (Lipinski definition) is 2. The maximum absolute atomic E-state index is 13.3. The fourth-order valence-corrected chi connectivity index (χ4v) is 0.967. The highest BCUT2D eigenvalue weighted by molar-refractivity contribution is 5.13. The van der Waals surface area contributed by atoms with Gasteiger partial charge in [-0.15, -0.1) is 0 Å². The molecule has 5 heteroatoms. The van der Waals surface area contributed by atoms with E-state index in [4.69, 9.17) is 0 Å². The van der Waals surface area contributed by atoms with Crippen LogP contribution in [0.4, 0.5) is 13.2 Å². The predicted molar refractivity (Wildman–Crippen MR) is 49.0 cm³/mol. The molecule has 0 aliphatic carbocycles. The monoisotopic (exact) mass is 222 g/mol. The van der Waals surface area contributed by atoms with Crippen molar-refractivity contribution in [3.8, 4) is 0 Å². The summed E-state index contributed by atoms with van der Waals surface area (Å²) in [5.74, 6) is -3.07. The van der Waals surface area contributed by atoms with E-state index in [-0.39, 0.29) is 5.76 Å². The summed E-state index contributed by atoms with van der Waals surface area (Å²) < 4.78 is 47.5. The lowest BCUT2D eigenvalue weighted by atomic mass is 10.2.